The third-order valence-corrected chi connectivity index (χ3v) is 21.3. The van der Waals surface area contributed by atoms with Gasteiger partial charge in [0.05, 0.1) is 44.3 Å². The largest absolute Gasteiger partial charge is 0.569 e. The third kappa shape index (κ3) is 9.13. The molecule has 6 heterocycles. The van der Waals surface area contributed by atoms with Gasteiger partial charge in [0.1, 0.15) is 5.75 Å². The summed E-state index contributed by atoms with van der Waals surface area (Å²) in [5.74, 6) is 3.72. The molecule has 10 nitrogen and oxygen atoms in total. The molecule has 0 bridgehead atoms. The highest BCUT2D eigenvalue weighted by molar-refractivity contribution is 6.28. The topological polar surface area (TPSA) is 117 Å². The van der Waals surface area contributed by atoms with Gasteiger partial charge in [-0.25, -0.2) is 19.9 Å². The molecule has 22 rings (SSSR count). The zero-order chi connectivity index (χ0) is 69.0. The van der Waals surface area contributed by atoms with Crippen LogP contribution in [0.1, 0.15) is 44.5 Å². The number of aromatic nitrogens is 8. The number of hydrogen-bond donors (Lipinski definition) is 1. The Bertz CT molecular complexity index is 6280. The molecule has 0 atom stereocenters. The summed E-state index contributed by atoms with van der Waals surface area (Å²) in [5, 5.41) is 14.6. The van der Waals surface area contributed by atoms with Crippen molar-refractivity contribution in [3.63, 3.8) is 0 Å². The molecule has 1 radical (unpaired) electrons. The maximum absolute atomic E-state index is 9.38. The number of para-hydroxylation sites is 4. The van der Waals surface area contributed by atoms with Crippen LogP contribution in [-0.2, 0) is 10.8 Å². The van der Waals surface area contributed by atoms with Crippen LogP contribution < -0.4 is 4.65 Å². The summed E-state index contributed by atoms with van der Waals surface area (Å²) in [7, 11) is 0.748. The van der Waals surface area contributed by atoms with Crippen LogP contribution in [0, 0.1) is 0 Å². The average molecular weight is 1350 g/mol. The van der Waals surface area contributed by atoms with E-state index in [1.54, 1.807) is 0 Å². The average Bonchev–Trinajstić information content (AvgIpc) is 1.49. The third-order valence-electron chi connectivity index (χ3n) is 21.2. The van der Waals surface area contributed by atoms with E-state index in [0.717, 1.165) is 52.4 Å². The normalized spacial score (nSPS) is 13.1. The molecule has 4 aliphatic rings. The van der Waals surface area contributed by atoms with Gasteiger partial charge < -0.3 is 18.8 Å². The molecule has 2 aliphatic carbocycles. The quantitative estimate of drug-likeness (QED) is 0.157. The minimum atomic E-state index is -0.492. The smallest absolute Gasteiger partial charge is 0.537 e. The Balaban J connectivity index is 0.000000115. The first-order valence-electron chi connectivity index (χ1n) is 34.7. The van der Waals surface area contributed by atoms with Crippen LogP contribution in [0.25, 0.3) is 134 Å². The first kappa shape index (κ1) is 60.7. The maximum atomic E-state index is 9.38. The fraction of sp³-hybridized carbons (Fsp3) is 0.0217. The van der Waals surface area contributed by atoms with Crippen LogP contribution in [0.5, 0.6) is 5.75 Å². The molecule has 1 N–H and O–H groups in total. The van der Waals surface area contributed by atoms with Crippen LogP contribution in [0.3, 0.4) is 0 Å². The van der Waals surface area contributed by atoms with E-state index in [1.807, 2.05) is 103 Å². The standard InChI is InChI=1S/C46H28N4.C31H19BNO2.C15H10ClN3/c1-3-14-29(15-4-1)43-47-44(30-16-5-2-6-17-30)49-45(48-43)31-26-27-38-41(28-31)50-40-25-12-9-20-34(40)35-21-13-24-39(42(35)50)46(38)36-22-10-7-18-32(36)33-19-8-11-23-37(33)46;34-32-35-19-16-17-26-29(18-19)33-28-15-6-3-10-22(28)23-11-7-14-27(30(23)33)31(26)24-12-4-1-8-20(24)21-9-2-5-13-25(21)31;16-15-18-13(11-7-3-1-4-8-11)17-14(19-15)12-9-5-2-6-10-12/h1-28H;1-18,34H;1-10H. The SMILES string of the molecule is Clc1nc(-c2ccccc2)nc(-c2ccccc2)n1.O[B]Oc1ccc2c(c1)-n1c3ccccc3c3cccc(c31)C21c2ccccc2-c2ccccc21.c1ccc(-c2nc(-c3ccccc3)nc(-c3ccc4c(c3)-n3c5ccccc5c5cccc(c53)C43c4ccccc4-c4ccccc43)n2)cc1. The molecule has 0 unspecified atom stereocenters. The zero-order valence-corrected chi connectivity index (χ0v) is 56.5. The molecule has 18 aromatic rings. The predicted molar refractivity (Wildman–Crippen MR) is 417 cm³/mol. The van der Waals surface area contributed by atoms with E-state index in [0.29, 0.717) is 34.9 Å². The summed E-state index contributed by atoms with van der Waals surface area (Å²) < 4.78 is 10.3. The van der Waals surface area contributed by atoms with Gasteiger partial charge in [-0.1, -0.05) is 309 Å². The van der Waals surface area contributed by atoms with Crippen molar-refractivity contribution >= 4 is 62.9 Å². The van der Waals surface area contributed by atoms with E-state index in [2.05, 4.69) is 261 Å². The van der Waals surface area contributed by atoms with E-state index in [-0.39, 0.29) is 5.28 Å². The molecule has 0 fully saturated rings. The fourth-order valence-electron chi connectivity index (χ4n) is 17.1. The van der Waals surface area contributed by atoms with Crippen LogP contribution in [0.2, 0.25) is 5.28 Å². The van der Waals surface area contributed by atoms with Gasteiger partial charge in [0.25, 0.3) is 0 Å². The second-order valence-electron chi connectivity index (χ2n) is 26.4. The van der Waals surface area contributed by atoms with Gasteiger partial charge in [0.15, 0.2) is 29.1 Å². The Morgan fingerprint density at radius 3 is 1.00 bits per heavy atom. The molecule has 2 spiro atoms. The molecule has 0 saturated carbocycles. The van der Waals surface area contributed by atoms with Crippen LogP contribution in [-0.4, -0.2) is 51.7 Å². The summed E-state index contributed by atoms with van der Waals surface area (Å²) in [6.07, 6.45) is 0. The van der Waals surface area contributed by atoms with Crippen molar-refractivity contribution in [1.82, 2.24) is 39.0 Å². The second-order valence-corrected chi connectivity index (χ2v) is 26.8. The summed E-state index contributed by atoms with van der Waals surface area (Å²) in [6.45, 7) is 0. The van der Waals surface area contributed by atoms with Crippen molar-refractivity contribution in [2.45, 2.75) is 10.8 Å². The summed E-state index contributed by atoms with van der Waals surface area (Å²) in [4.78, 5) is 28.0. The molecule has 0 amide bonds. The maximum Gasteiger partial charge on any atom is 0.569 e. The number of nitrogens with zero attached hydrogens (tertiary/aromatic N) is 8. The monoisotopic (exact) mass is 1350 g/mol. The Kier molecular flexibility index (Phi) is 14.2. The van der Waals surface area contributed by atoms with Gasteiger partial charge in [0, 0.05) is 55.4 Å². The van der Waals surface area contributed by atoms with Crippen molar-refractivity contribution in [3.8, 4) is 96.3 Å². The second kappa shape index (κ2) is 24.3. The molecule has 487 valence electrons. The van der Waals surface area contributed by atoms with Crippen molar-refractivity contribution in [1.29, 1.82) is 0 Å². The number of fused-ring (bicyclic) bond motifs is 24. The molecule has 104 heavy (non-hydrogen) atoms. The van der Waals surface area contributed by atoms with Gasteiger partial charge >= 0.3 is 7.69 Å². The van der Waals surface area contributed by atoms with E-state index in [9.17, 15) is 5.02 Å². The number of benzene rings is 14. The summed E-state index contributed by atoms with van der Waals surface area (Å²) >= 11 is 5.99. The van der Waals surface area contributed by atoms with E-state index >= 15 is 0 Å². The van der Waals surface area contributed by atoms with Gasteiger partial charge in [-0.2, -0.15) is 9.97 Å². The molecule has 0 saturated heterocycles. The highest BCUT2D eigenvalue weighted by Gasteiger charge is 2.52. The zero-order valence-electron chi connectivity index (χ0n) is 55.7. The van der Waals surface area contributed by atoms with Crippen molar-refractivity contribution in [2.75, 3.05) is 0 Å². The fourth-order valence-corrected chi connectivity index (χ4v) is 17.3. The minimum Gasteiger partial charge on any atom is -0.537 e. The lowest BCUT2D eigenvalue weighted by molar-refractivity contribution is 0.453. The molecule has 14 aromatic carbocycles. The van der Waals surface area contributed by atoms with E-state index in [4.69, 9.17) is 31.2 Å². The molecular formula is C92H57BClN8O2. The lowest BCUT2D eigenvalue weighted by Crippen LogP contribution is -2.33. The first-order chi connectivity index (χ1) is 51.5. The lowest BCUT2D eigenvalue weighted by atomic mass is 9.65. The first-order valence-corrected chi connectivity index (χ1v) is 35.1. The Labute approximate surface area is 604 Å². The van der Waals surface area contributed by atoms with E-state index in [1.165, 1.54) is 105 Å². The number of halogens is 1. The Morgan fingerprint density at radius 1 is 0.279 bits per heavy atom. The summed E-state index contributed by atoms with van der Waals surface area (Å²) in [5.41, 5.74) is 26.2. The predicted octanol–water partition coefficient (Wildman–Crippen LogP) is 20.9. The minimum absolute atomic E-state index is 0.202. The highest BCUT2D eigenvalue weighted by atomic mass is 35.5. The van der Waals surface area contributed by atoms with Crippen molar-refractivity contribution < 1.29 is 9.68 Å². The molecule has 12 heteroatoms. The van der Waals surface area contributed by atoms with Crippen LogP contribution in [0.4, 0.5) is 0 Å². The van der Waals surface area contributed by atoms with Gasteiger partial charge in [0.2, 0.25) is 5.28 Å². The Hall–Kier alpha value is -13.2. The molecule has 4 aromatic heterocycles. The number of rotatable bonds is 7. The van der Waals surface area contributed by atoms with Gasteiger partial charge in [-0.3, -0.25) is 0 Å². The lowest BCUT2D eigenvalue weighted by Gasteiger charge is -2.39. The highest BCUT2D eigenvalue weighted by Crippen LogP contribution is 2.63. The van der Waals surface area contributed by atoms with Crippen molar-refractivity contribution in [2.24, 2.45) is 0 Å². The molecule has 2 aliphatic heterocycles. The van der Waals surface area contributed by atoms with Crippen LogP contribution >= 0.6 is 11.6 Å². The van der Waals surface area contributed by atoms with E-state index < -0.39 is 10.8 Å². The molecular weight excluding hydrogens is 1300 g/mol. The van der Waals surface area contributed by atoms with Gasteiger partial charge in [-0.15, -0.1) is 0 Å². The van der Waals surface area contributed by atoms with Crippen molar-refractivity contribution in [3.05, 3.63) is 390 Å². The van der Waals surface area contributed by atoms with Crippen LogP contribution in [0.15, 0.2) is 340 Å². The summed E-state index contributed by atoms with van der Waals surface area (Å²) in [6, 6.07) is 119. The van der Waals surface area contributed by atoms with Gasteiger partial charge in [-0.05, 0) is 103 Å². The Morgan fingerprint density at radius 2 is 0.596 bits per heavy atom. The number of hydrogen-bond acceptors (Lipinski definition) is 8.